The molecule has 2 aromatic heterocycles. The van der Waals surface area contributed by atoms with Crippen LogP contribution >= 0.6 is 0 Å². The van der Waals surface area contributed by atoms with Crippen molar-refractivity contribution >= 4 is 0 Å². The van der Waals surface area contributed by atoms with Crippen LogP contribution in [0.4, 0.5) is 0 Å². The van der Waals surface area contributed by atoms with Gasteiger partial charge in [-0.05, 0) is 18.2 Å². The number of hydrogen-bond donors (Lipinski definition) is 1. The summed E-state index contributed by atoms with van der Waals surface area (Å²) in [5.74, 6) is 0. The lowest BCUT2D eigenvalue weighted by Crippen LogP contribution is -2.21. The van der Waals surface area contributed by atoms with Crippen LogP contribution in [0.3, 0.4) is 0 Å². The summed E-state index contributed by atoms with van der Waals surface area (Å²) in [6, 6.07) is 5.60. The molecule has 0 amide bonds. The number of H-pyrrole nitrogens is 1. The normalized spacial score (nSPS) is 11.5. The zero-order chi connectivity index (χ0) is 12.5. The number of nitrogens with one attached hydrogen (secondary N) is 1. The summed E-state index contributed by atoms with van der Waals surface area (Å²) < 4.78 is 0. The van der Waals surface area contributed by atoms with Crippen molar-refractivity contribution in [2.24, 2.45) is 0 Å². The zero-order valence-corrected chi connectivity index (χ0v) is 10.2. The van der Waals surface area contributed by atoms with Gasteiger partial charge in [0.05, 0.1) is 5.69 Å². The van der Waals surface area contributed by atoms with Crippen molar-refractivity contribution in [3.05, 3.63) is 46.8 Å². The van der Waals surface area contributed by atoms with E-state index in [0.29, 0.717) is 5.69 Å². The molecule has 0 fully saturated rings. The minimum atomic E-state index is -0.316. The van der Waals surface area contributed by atoms with E-state index >= 15 is 0 Å². The van der Waals surface area contributed by atoms with Gasteiger partial charge in [-0.3, -0.25) is 4.98 Å². The Morgan fingerprint density at radius 1 is 1.18 bits per heavy atom. The van der Waals surface area contributed by atoms with E-state index in [0.717, 1.165) is 11.3 Å². The monoisotopic (exact) mass is 229 g/mol. The van der Waals surface area contributed by atoms with Crippen LogP contribution < -0.4 is 5.69 Å². The summed E-state index contributed by atoms with van der Waals surface area (Å²) in [4.78, 5) is 22.3. The largest absolute Gasteiger partial charge is 0.345 e. The third-order valence-electron chi connectivity index (χ3n) is 2.53. The molecular weight excluding hydrogens is 214 g/mol. The SMILES string of the molecule is CC(C)(C)c1cc(-c2ccncc2)nc(=O)[nH]1. The number of hydrogen-bond acceptors (Lipinski definition) is 3. The number of nitrogens with zero attached hydrogens (tertiary/aromatic N) is 2. The van der Waals surface area contributed by atoms with Gasteiger partial charge in [0.25, 0.3) is 0 Å². The maximum absolute atomic E-state index is 11.5. The highest BCUT2D eigenvalue weighted by Gasteiger charge is 2.16. The smallest absolute Gasteiger partial charge is 0.309 e. The Morgan fingerprint density at radius 2 is 1.82 bits per heavy atom. The van der Waals surface area contributed by atoms with Crippen molar-refractivity contribution in [2.75, 3.05) is 0 Å². The van der Waals surface area contributed by atoms with E-state index in [1.807, 2.05) is 18.2 Å². The molecule has 88 valence electrons. The molecule has 0 unspecified atom stereocenters. The molecule has 0 aliphatic rings. The third kappa shape index (κ3) is 2.58. The van der Waals surface area contributed by atoms with Gasteiger partial charge in [0.15, 0.2) is 0 Å². The number of pyridine rings is 1. The molecule has 0 aliphatic heterocycles. The number of aromatic nitrogens is 3. The Kier molecular flexibility index (Phi) is 2.79. The van der Waals surface area contributed by atoms with Crippen molar-refractivity contribution in [3.63, 3.8) is 0 Å². The fraction of sp³-hybridized carbons (Fsp3) is 0.308. The quantitative estimate of drug-likeness (QED) is 0.815. The second kappa shape index (κ2) is 4.13. The first kappa shape index (κ1) is 11.5. The van der Waals surface area contributed by atoms with E-state index in [1.54, 1.807) is 12.4 Å². The predicted octanol–water partition coefficient (Wildman–Crippen LogP) is 2.13. The van der Waals surface area contributed by atoms with Crippen molar-refractivity contribution in [2.45, 2.75) is 26.2 Å². The highest BCUT2D eigenvalue weighted by molar-refractivity contribution is 5.58. The van der Waals surface area contributed by atoms with Gasteiger partial charge in [-0.15, -0.1) is 0 Å². The van der Waals surface area contributed by atoms with Crippen LogP contribution in [0.15, 0.2) is 35.4 Å². The molecule has 0 aliphatic carbocycles. The molecule has 1 N–H and O–H groups in total. The van der Waals surface area contributed by atoms with Crippen LogP contribution in [0.25, 0.3) is 11.3 Å². The molecule has 0 saturated heterocycles. The first-order valence-electron chi connectivity index (χ1n) is 5.49. The molecule has 0 saturated carbocycles. The molecule has 4 heteroatoms. The van der Waals surface area contributed by atoms with Gasteiger partial charge in [0, 0.05) is 29.1 Å². The summed E-state index contributed by atoms with van der Waals surface area (Å²) in [5, 5.41) is 0. The summed E-state index contributed by atoms with van der Waals surface area (Å²) >= 11 is 0. The summed E-state index contributed by atoms with van der Waals surface area (Å²) in [6.45, 7) is 6.15. The second-order valence-corrected chi connectivity index (χ2v) is 4.97. The van der Waals surface area contributed by atoms with Gasteiger partial charge >= 0.3 is 5.69 Å². The standard InChI is InChI=1S/C13H15N3O/c1-13(2,3)11-8-10(15-12(17)16-11)9-4-6-14-7-5-9/h4-8H,1-3H3,(H,15,16,17). The van der Waals surface area contributed by atoms with E-state index in [2.05, 4.69) is 35.7 Å². The molecule has 0 aromatic carbocycles. The van der Waals surface area contributed by atoms with Gasteiger partial charge < -0.3 is 4.98 Å². The fourth-order valence-electron chi connectivity index (χ4n) is 1.53. The minimum absolute atomic E-state index is 0.107. The van der Waals surface area contributed by atoms with Crippen LogP contribution in [-0.4, -0.2) is 15.0 Å². The van der Waals surface area contributed by atoms with Crippen molar-refractivity contribution in [1.82, 2.24) is 15.0 Å². The van der Waals surface area contributed by atoms with E-state index in [1.165, 1.54) is 0 Å². The van der Waals surface area contributed by atoms with Crippen LogP contribution in [0.5, 0.6) is 0 Å². The molecule has 2 aromatic rings. The fourth-order valence-corrected chi connectivity index (χ4v) is 1.53. The Morgan fingerprint density at radius 3 is 2.41 bits per heavy atom. The lowest BCUT2D eigenvalue weighted by Gasteiger charge is -2.18. The van der Waals surface area contributed by atoms with E-state index in [9.17, 15) is 4.79 Å². The molecule has 2 rings (SSSR count). The van der Waals surface area contributed by atoms with Gasteiger partial charge in [-0.1, -0.05) is 20.8 Å². The first-order valence-corrected chi connectivity index (χ1v) is 5.49. The minimum Gasteiger partial charge on any atom is -0.309 e. The highest BCUT2D eigenvalue weighted by atomic mass is 16.1. The van der Waals surface area contributed by atoms with Crippen LogP contribution in [0, 0.1) is 0 Å². The topological polar surface area (TPSA) is 58.6 Å². The van der Waals surface area contributed by atoms with Gasteiger partial charge in [0.1, 0.15) is 0 Å². The molecule has 4 nitrogen and oxygen atoms in total. The van der Waals surface area contributed by atoms with Crippen molar-refractivity contribution in [1.29, 1.82) is 0 Å². The maximum Gasteiger partial charge on any atom is 0.345 e. The molecule has 0 radical (unpaired) electrons. The Hall–Kier alpha value is -1.97. The maximum atomic E-state index is 11.5. The second-order valence-electron chi connectivity index (χ2n) is 4.97. The van der Waals surface area contributed by atoms with E-state index in [-0.39, 0.29) is 11.1 Å². The average molecular weight is 229 g/mol. The Bertz CT molecular complexity index is 567. The molecule has 0 spiro atoms. The summed E-state index contributed by atoms with van der Waals surface area (Å²) in [5.41, 5.74) is 2.04. The van der Waals surface area contributed by atoms with E-state index in [4.69, 9.17) is 0 Å². The molecule has 2 heterocycles. The number of aromatic amines is 1. The Labute approximate surface area is 99.8 Å². The van der Waals surface area contributed by atoms with Crippen molar-refractivity contribution < 1.29 is 0 Å². The zero-order valence-electron chi connectivity index (χ0n) is 10.2. The average Bonchev–Trinajstić information content (AvgIpc) is 2.28. The number of rotatable bonds is 1. The highest BCUT2D eigenvalue weighted by Crippen LogP contribution is 2.22. The summed E-state index contributed by atoms with van der Waals surface area (Å²) in [6.07, 6.45) is 3.38. The van der Waals surface area contributed by atoms with Gasteiger partial charge in [0.2, 0.25) is 0 Å². The molecule has 17 heavy (non-hydrogen) atoms. The summed E-state index contributed by atoms with van der Waals surface area (Å²) in [7, 11) is 0. The lowest BCUT2D eigenvalue weighted by molar-refractivity contribution is 0.564. The van der Waals surface area contributed by atoms with E-state index < -0.39 is 0 Å². The van der Waals surface area contributed by atoms with Gasteiger partial charge in [-0.2, -0.15) is 4.98 Å². The Balaban J connectivity index is 2.58. The predicted molar refractivity (Wildman–Crippen MR) is 66.8 cm³/mol. The van der Waals surface area contributed by atoms with Crippen LogP contribution in [0.1, 0.15) is 26.5 Å². The van der Waals surface area contributed by atoms with Crippen LogP contribution in [-0.2, 0) is 5.41 Å². The lowest BCUT2D eigenvalue weighted by atomic mass is 9.91. The molecule has 0 bridgehead atoms. The van der Waals surface area contributed by atoms with Crippen LogP contribution in [0.2, 0.25) is 0 Å². The first-order chi connectivity index (χ1) is 7.97. The van der Waals surface area contributed by atoms with Gasteiger partial charge in [-0.25, -0.2) is 4.79 Å². The third-order valence-corrected chi connectivity index (χ3v) is 2.53. The molecule has 0 atom stereocenters. The van der Waals surface area contributed by atoms with Crippen molar-refractivity contribution in [3.8, 4) is 11.3 Å². The molecular formula is C13H15N3O.